The lowest BCUT2D eigenvalue weighted by atomic mass is 10.1. The third kappa shape index (κ3) is 4.73. The highest BCUT2D eigenvalue weighted by molar-refractivity contribution is 5.16. The number of hydrogen-bond donors (Lipinski definition) is 2. The Morgan fingerprint density at radius 2 is 2.18 bits per heavy atom. The first-order valence-corrected chi connectivity index (χ1v) is 6.53. The van der Waals surface area contributed by atoms with Crippen molar-refractivity contribution in [3.05, 3.63) is 5.89 Å². The van der Waals surface area contributed by atoms with E-state index in [1.54, 1.807) is 0 Å². The Kier molecular flexibility index (Phi) is 4.36. The van der Waals surface area contributed by atoms with Crippen molar-refractivity contribution in [3.8, 4) is 0 Å². The second-order valence-electron chi connectivity index (χ2n) is 5.12. The van der Waals surface area contributed by atoms with E-state index in [9.17, 15) is 0 Å². The van der Waals surface area contributed by atoms with E-state index in [2.05, 4.69) is 34.7 Å². The highest BCUT2D eigenvalue weighted by Gasteiger charge is 2.21. The van der Waals surface area contributed by atoms with Gasteiger partial charge < -0.3 is 15.1 Å². The van der Waals surface area contributed by atoms with E-state index in [0.29, 0.717) is 24.5 Å². The van der Waals surface area contributed by atoms with Crippen molar-refractivity contribution < 1.29 is 4.42 Å². The molecule has 0 aliphatic heterocycles. The molecule has 0 radical (unpaired) electrons. The van der Waals surface area contributed by atoms with Crippen LogP contribution in [0.3, 0.4) is 0 Å². The molecule has 0 amide bonds. The number of rotatable bonds is 8. The molecule has 0 spiro atoms. The van der Waals surface area contributed by atoms with Crippen LogP contribution in [0.5, 0.6) is 0 Å². The molecule has 1 aromatic rings. The Balaban J connectivity index is 1.62. The summed E-state index contributed by atoms with van der Waals surface area (Å²) in [6.45, 7) is 6.05. The van der Waals surface area contributed by atoms with Crippen LogP contribution in [0.4, 0.5) is 6.01 Å². The zero-order valence-electron chi connectivity index (χ0n) is 10.7. The summed E-state index contributed by atoms with van der Waals surface area (Å²) in [4.78, 5) is 0. The Hall–Kier alpha value is -1.10. The molecule has 0 atom stereocenters. The number of nitrogens with zero attached hydrogens (tertiary/aromatic N) is 2. The van der Waals surface area contributed by atoms with Gasteiger partial charge in [-0.2, -0.15) is 0 Å². The zero-order chi connectivity index (χ0) is 12.1. The molecule has 96 valence electrons. The highest BCUT2D eigenvalue weighted by atomic mass is 16.4. The smallest absolute Gasteiger partial charge is 0.315 e. The minimum Gasteiger partial charge on any atom is -0.407 e. The van der Waals surface area contributed by atoms with Crippen molar-refractivity contribution in [2.45, 2.75) is 52.1 Å². The molecule has 1 aliphatic rings. The van der Waals surface area contributed by atoms with Gasteiger partial charge in [0, 0.05) is 12.6 Å². The highest BCUT2D eigenvalue weighted by Crippen LogP contribution is 2.19. The first kappa shape index (κ1) is 12.4. The third-order valence-corrected chi connectivity index (χ3v) is 2.82. The van der Waals surface area contributed by atoms with Gasteiger partial charge in [-0.15, -0.1) is 5.10 Å². The molecule has 2 N–H and O–H groups in total. The van der Waals surface area contributed by atoms with E-state index in [4.69, 9.17) is 4.42 Å². The molecule has 2 rings (SSSR count). The molecule has 1 aromatic heterocycles. The Morgan fingerprint density at radius 1 is 1.35 bits per heavy atom. The van der Waals surface area contributed by atoms with Crippen LogP contribution in [-0.4, -0.2) is 22.8 Å². The van der Waals surface area contributed by atoms with Gasteiger partial charge in [0.25, 0.3) is 0 Å². The molecule has 1 fully saturated rings. The molecule has 0 aromatic carbocycles. The largest absolute Gasteiger partial charge is 0.407 e. The minimum atomic E-state index is 0.543. The Bertz CT molecular complexity index is 333. The van der Waals surface area contributed by atoms with Crippen LogP contribution in [0.2, 0.25) is 0 Å². The molecule has 17 heavy (non-hydrogen) atoms. The Labute approximate surface area is 102 Å². The van der Waals surface area contributed by atoms with Gasteiger partial charge in [-0.25, -0.2) is 0 Å². The van der Waals surface area contributed by atoms with Crippen molar-refractivity contribution in [2.24, 2.45) is 5.92 Å². The second kappa shape index (κ2) is 6.00. The van der Waals surface area contributed by atoms with Gasteiger partial charge in [0.05, 0.1) is 6.54 Å². The SMILES string of the molecule is CC(C)CCCNc1nnc(CNC2CC2)o1. The summed E-state index contributed by atoms with van der Waals surface area (Å²) in [6, 6.07) is 1.21. The van der Waals surface area contributed by atoms with Crippen LogP contribution >= 0.6 is 0 Å². The van der Waals surface area contributed by atoms with E-state index in [-0.39, 0.29) is 0 Å². The maximum Gasteiger partial charge on any atom is 0.315 e. The van der Waals surface area contributed by atoms with E-state index < -0.39 is 0 Å². The maximum absolute atomic E-state index is 5.47. The van der Waals surface area contributed by atoms with Crippen molar-refractivity contribution in [1.82, 2.24) is 15.5 Å². The molecule has 0 saturated heterocycles. The van der Waals surface area contributed by atoms with Crippen molar-refractivity contribution in [3.63, 3.8) is 0 Å². The zero-order valence-corrected chi connectivity index (χ0v) is 10.7. The minimum absolute atomic E-state index is 0.543. The second-order valence-corrected chi connectivity index (χ2v) is 5.12. The molecular formula is C12H22N4O. The molecule has 0 unspecified atom stereocenters. The van der Waals surface area contributed by atoms with E-state index in [1.165, 1.54) is 19.3 Å². The van der Waals surface area contributed by atoms with E-state index in [0.717, 1.165) is 18.9 Å². The molecule has 1 heterocycles. The first-order chi connectivity index (χ1) is 8.24. The molecular weight excluding hydrogens is 216 g/mol. The number of aromatic nitrogens is 2. The van der Waals surface area contributed by atoms with Gasteiger partial charge in [0.2, 0.25) is 5.89 Å². The van der Waals surface area contributed by atoms with Gasteiger partial charge in [-0.1, -0.05) is 18.9 Å². The number of hydrogen-bond acceptors (Lipinski definition) is 5. The maximum atomic E-state index is 5.47. The van der Waals surface area contributed by atoms with Crippen molar-refractivity contribution in [1.29, 1.82) is 0 Å². The van der Waals surface area contributed by atoms with Gasteiger partial charge in [0.15, 0.2) is 0 Å². The molecule has 5 heteroatoms. The van der Waals surface area contributed by atoms with Gasteiger partial charge in [-0.3, -0.25) is 0 Å². The summed E-state index contributed by atoms with van der Waals surface area (Å²) in [5.74, 6) is 1.42. The van der Waals surface area contributed by atoms with Crippen molar-refractivity contribution >= 4 is 6.01 Å². The lowest BCUT2D eigenvalue weighted by Gasteiger charge is -2.03. The predicted octanol–water partition coefficient (Wildman–Crippen LogP) is 2.17. The lowest BCUT2D eigenvalue weighted by molar-refractivity contribution is 0.474. The molecule has 1 aliphatic carbocycles. The van der Waals surface area contributed by atoms with E-state index in [1.807, 2.05) is 0 Å². The lowest BCUT2D eigenvalue weighted by Crippen LogP contribution is -2.15. The monoisotopic (exact) mass is 238 g/mol. The average molecular weight is 238 g/mol. The first-order valence-electron chi connectivity index (χ1n) is 6.53. The van der Waals surface area contributed by atoms with Crippen LogP contribution in [-0.2, 0) is 6.54 Å². The Morgan fingerprint density at radius 3 is 2.88 bits per heavy atom. The van der Waals surface area contributed by atoms with Crippen LogP contribution in [0.15, 0.2) is 4.42 Å². The van der Waals surface area contributed by atoms with Crippen LogP contribution in [0, 0.1) is 5.92 Å². The van der Waals surface area contributed by atoms with Gasteiger partial charge >= 0.3 is 6.01 Å². The molecule has 0 bridgehead atoms. The fourth-order valence-corrected chi connectivity index (χ4v) is 1.62. The van der Waals surface area contributed by atoms with Gasteiger partial charge in [0.1, 0.15) is 0 Å². The summed E-state index contributed by atoms with van der Waals surface area (Å²) in [7, 11) is 0. The summed E-state index contributed by atoms with van der Waals surface area (Å²) < 4.78 is 5.47. The van der Waals surface area contributed by atoms with Crippen LogP contribution < -0.4 is 10.6 Å². The van der Waals surface area contributed by atoms with Gasteiger partial charge in [-0.05, 0) is 31.6 Å². The third-order valence-electron chi connectivity index (χ3n) is 2.82. The topological polar surface area (TPSA) is 63.0 Å². The van der Waals surface area contributed by atoms with E-state index >= 15 is 0 Å². The summed E-state index contributed by atoms with van der Waals surface area (Å²) >= 11 is 0. The standard InChI is InChI=1S/C12H22N4O/c1-9(2)4-3-7-13-12-16-15-11(17-12)8-14-10-5-6-10/h9-10,14H,3-8H2,1-2H3,(H,13,16). The molecule has 1 saturated carbocycles. The fourth-order valence-electron chi connectivity index (χ4n) is 1.62. The number of nitrogens with one attached hydrogen (secondary N) is 2. The summed E-state index contributed by atoms with van der Waals surface area (Å²) in [6.07, 6.45) is 4.90. The summed E-state index contributed by atoms with van der Waals surface area (Å²) in [5, 5.41) is 14.5. The normalized spacial score (nSPS) is 15.5. The number of anilines is 1. The quantitative estimate of drug-likeness (QED) is 0.680. The average Bonchev–Trinajstić information content (AvgIpc) is 3.01. The predicted molar refractivity (Wildman–Crippen MR) is 66.7 cm³/mol. The van der Waals surface area contributed by atoms with Crippen LogP contribution in [0.25, 0.3) is 0 Å². The molecule has 5 nitrogen and oxygen atoms in total. The summed E-state index contributed by atoms with van der Waals surface area (Å²) in [5.41, 5.74) is 0. The fraction of sp³-hybridized carbons (Fsp3) is 0.833. The van der Waals surface area contributed by atoms with Crippen LogP contribution in [0.1, 0.15) is 45.4 Å². The van der Waals surface area contributed by atoms with Crippen molar-refractivity contribution in [2.75, 3.05) is 11.9 Å².